The van der Waals surface area contributed by atoms with E-state index in [1.807, 2.05) is 30.3 Å². The van der Waals surface area contributed by atoms with Gasteiger partial charge in [-0.2, -0.15) is 0 Å². The third-order valence-electron chi connectivity index (χ3n) is 5.35. The molecule has 0 spiro atoms. The number of ketones is 1. The molecule has 6 nitrogen and oxygen atoms in total. The molecule has 34 heavy (non-hydrogen) atoms. The molecule has 2 aromatic carbocycles. The first-order chi connectivity index (χ1) is 16.1. The predicted octanol–water partition coefficient (Wildman–Crippen LogP) is 5.59. The molecular formula is C25H20F3NO5. The van der Waals surface area contributed by atoms with Crippen LogP contribution in [0.3, 0.4) is 0 Å². The number of benzene rings is 2. The number of carbonyl (C=O) groups excluding carboxylic acids is 2. The minimum Gasteiger partial charge on any atom is -0.503 e. The molecule has 3 aromatic rings. The lowest BCUT2D eigenvalue weighted by Gasteiger charge is -2.25. The summed E-state index contributed by atoms with van der Waals surface area (Å²) < 4.78 is 47.8. The molecule has 176 valence electrons. The zero-order chi connectivity index (χ0) is 24.5. The van der Waals surface area contributed by atoms with E-state index in [0.29, 0.717) is 12.2 Å². The molecule has 1 amide bonds. The highest BCUT2D eigenvalue weighted by Crippen LogP contribution is 2.43. The van der Waals surface area contributed by atoms with Gasteiger partial charge in [0.15, 0.2) is 11.5 Å². The van der Waals surface area contributed by atoms with Crippen LogP contribution in [0.1, 0.15) is 29.5 Å². The Labute approximate surface area is 192 Å². The van der Waals surface area contributed by atoms with E-state index >= 15 is 0 Å². The Morgan fingerprint density at radius 3 is 2.47 bits per heavy atom. The zero-order valence-electron chi connectivity index (χ0n) is 18.0. The van der Waals surface area contributed by atoms with Gasteiger partial charge in [-0.15, -0.1) is 13.2 Å². The number of anilines is 1. The van der Waals surface area contributed by atoms with Crippen molar-refractivity contribution in [3.05, 3.63) is 95.1 Å². The third-order valence-corrected chi connectivity index (χ3v) is 5.35. The zero-order valence-corrected chi connectivity index (χ0v) is 18.0. The maximum Gasteiger partial charge on any atom is 0.573 e. The number of alkyl halides is 3. The number of ether oxygens (including phenoxy) is 1. The van der Waals surface area contributed by atoms with Gasteiger partial charge in [-0.25, -0.2) is 0 Å². The topological polar surface area (TPSA) is 80.0 Å². The Bertz CT molecular complexity index is 1250. The van der Waals surface area contributed by atoms with Crippen molar-refractivity contribution in [2.24, 2.45) is 0 Å². The highest BCUT2D eigenvalue weighted by atomic mass is 19.4. The van der Waals surface area contributed by atoms with Crippen molar-refractivity contribution in [3.8, 4) is 5.75 Å². The summed E-state index contributed by atoms with van der Waals surface area (Å²) in [5, 5.41) is 10.7. The summed E-state index contributed by atoms with van der Waals surface area (Å²) in [7, 11) is 0. The number of carbonyl (C=O) groups is 2. The summed E-state index contributed by atoms with van der Waals surface area (Å²) >= 11 is 0. The van der Waals surface area contributed by atoms with Gasteiger partial charge < -0.3 is 14.3 Å². The summed E-state index contributed by atoms with van der Waals surface area (Å²) in [6.07, 6.45) is -4.54. The molecule has 1 aliphatic heterocycles. The van der Waals surface area contributed by atoms with Gasteiger partial charge in [0, 0.05) is 18.2 Å². The van der Waals surface area contributed by atoms with Crippen molar-refractivity contribution in [1.29, 1.82) is 0 Å². The van der Waals surface area contributed by atoms with Crippen molar-refractivity contribution in [2.75, 3.05) is 4.90 Å². The van der Waals surface area contributed by atoms with Gasteiger partial charge in [-0.05, 0) is 43.2 Å². The van der Waals surface area contributed by atoms with Gasteiger partial charge in [0.05, 0.1) is 5.57 Å². The quantitative estimate of drug-likeness (QED) is 0.486. The first kappa shape index (κ1) is 23.2. The fourth-order valence-corrected chi connectivity index (χ4v) is 3.89. The molecule has 0 fully saturated rings. The lowest BCUT2D eigenvalue weighted by molar-refractivity contribution is -0.274. The number of furan rings is 1. The Kier molecular flexibility index (Phi) is 6.19. The lowest BCUT2D eigenvalue weighted by atomic mass is 9.96. The minimum atomic E-state index is -4.93. The molecule has 0 saturated heterocycles. The predicted molar refractivity (Wildman–Crippen MR) is 116 cm³/mol. The molecule has 9 heteroatoms. The van der Waals surface area contributed by atoms with E-state index in [-0.39, 0.29) is 23.4 Å². The van der Waals surface area contributed by atoms with Crippen molar-refractivity contribution in [3.63, 3.8) is 0 Å². The van der Waals surface area contributed by atoms with Crippen LogP contribution in [0.5, 0.6) is 5.75 Å². The van der Waals surface area contributed by atoms with Gasteiger partial charge in [0.1, 0.15) is 23.3 Å². The minimum absolute atomic E-state index is 0.00297. The van der Waals surface area contributed by atoms with E-state index < -0.39 is 35.6 Å². The standard InChI is InChI=1S/C25H20F3NO5/c1-15-10-13-20(33-15)22-21(19(30)12-11-16-6-3-2-4-7-16)23(31)24(32)29(22)17-8-5-9-18(14-17)34-25(26,27)28/h2-10,13-14,22,31H,11-12H2,1H3. The molecule has 0 radical (unpaired) electrons. The molecule has 0 bridgehead atoms. The van der Waals surface area contributed by atoms with E-state index in [9.17, 15) is 27.9 Å². The number of amides is 1. The highest BCUT2D eigenvalue weighted by Gasteiger charge is 2.46. The van der Waals surface area contributed by atoms with E-state index in [1.165, 1.54) is 12.1 Å². The Balaban J connectivity index is 1.70. The number of aryl methyl sites for hydroxylation is 2. The summed E-state index contributed by atoms with van der Waals surface area (Å²) in [4.78, 5) is 27.3. The number of aliphatic hydroxyl groups is 1. The van der Waals surface area contributed by atoms with Crippen LogP contribution in [-0.2, 0) is 16.0 Å². The second kappa shape index (κ2) is 9.09. The van der Waals surface area contributed by atoms with Crippen LogP contribution >= 0.6 is 0 Å². The molecule has 1 N–H and O–H groups in total. The summed E-state index contributed by atoms with van der Waals surface area (Å²) in [5.74, 6) is -2.01. The largest absolute Gasteiger partial charge is 0.573 e. The van der Waals surface area contributed by atoms with Crippen LogP contribution in [-0.4, -0.2) is 23.2 Å². The lowest BCUT2D eigenvalue weighted by Crippen LogP contribution is -2.31. The van der Waals surface area contributed by atoms with Gasteiger partial charge in [0.2, 0.25) is 0 Å². The summed E-state index contributed by atoms with van der Waals surface area (Å²) in [6.45, 7) is 1.67. The second-order valence-corrected chi connectivity index (χ2v) is 7.74. The number of hydrogen-bond donors (Lipinski definition) is 1. The average Bonchev–Trinajstić information content (AvgIpc) is 3.32. The van der Waals surface area contributed by atoms with Crippen molar-refractivity contribution >= 4 is 17.4 Å². The first-order valence-corrected chi connectivity index (χ1v) is 10.4. The smallest absolute Gasteiger partial charge is 0.503 e. The Morgan fingerprint density at radius 2 is 1.82 bits per heavy atom. The fraction of sp³-hybridized carbons (Fsp3) is 0.200. The number of aliphatic hydroxyl groups excluding tert-OH is 1. The maximum atomic E-state index is 13.2. The van der Waals surface area contributed by atoms with Gasteiger partial charge in [0.25, 0.3) is 5.91 Å². The highest BCUT2D eigenvalue weighted by molar-refractivity contribution is 6.16. The van der Waals surface area contributed by atoms with E-state index in [4.69, 9.17) is 4.42 Å². The van der Waals surface area contributed by atoms with Crippen LogP contribution in [0.15, 0.2) is 82.5 Å². The van der Waals surface area contributed by atoms with Crippen LogP contribution in [0.25, 0.3) is 0 Å². The van der Waals surface area contributed by atoms with Crippen LogP contribution in [0.4, 0.5) is 18.9 Å². The second-order valence-electron chi connectivity index (χ2n) is 7.74. The van der Waals surface area contributed by atoms with Crippen molar-refractivity contribution < 1.29 is 37.0 Å². The molecular weight excluding hydrogens is 451 g/mol. The van der Waals surface area contributed by atoms with Crippen molar-refractivity contribution in [2.45, 2.75) is 32.2 Å². The van der Waals surface area contributed by atoms with Gasteiger partial charge in [-0.1, -0.05) is 36.4 Å². The molecule has 1 aromatic heterocycles. The number of rotatable bonds is 7. The van der Waals surface area contributed by atoms with E-state index in [1.54, 1.807) is 19.1 Å². The summed E-state index contributed by atoms with van der Waals surface area (Å²) in [5.41, 5.74) is 0.736. The van der Waals surface area contributed by atoms with E-state index in [2.05, 4.69) is 4.74 Å². The number of hydrogen-bond acceptors (Lipinski definition) is 5. The molecule has 1 aliphatic rings. The Hall–Kier alpha value is -4.01. The maximum absolute atomic E-state index is 13.2. The van der Waals surface area contributed by atoms with Crippen molar-refractivity contribution in [1.82, 2.24) is 0 Å². The first-order valence-electron chi connectivity index (χ1n) is 10.4. The normalized spacial score (nSPS) is 16.3. The monoisotopic (exact) mass is 471 g/mol. The number of nitrogens with zero attached hydrogens (tertiary/aromatic N) is 1. The van der Waals surface area contributed by atoms with Gasteiger partial charge >= 0.3 is 6.36 Å². The van der Waals surface area contributed by atoms with E-state index in [0.717, 1.165) is 22.6 Å². The average molecular weight is 471 g/mol. The SMILES string of the molecule is Cc1ccc(C2C(C(=O)CCc3ccccc3)=C(O)C(=O)N2c2cccc(OC(F)(F)F)c2)o1. The number of halogens is 3. The Morgan fingerprint density at radius 1 is 1.09 bits per heavy atom. The third kappa shape index (κ3) is 4.83. The molecule has 1 unspecified atom stereocenters. The van der Waals surface area contributed by atoms with Crippen LogP contribution in [0, 0.1) is 6.92 Å². The van der Waals surface area contributed by atoms with Crippen LogP contribution in [0.2, 0.25) is 0 Å². The molecule has 2 heterocycles. The molecule has 0 saturated carbocycles. The molecule has 4 rings (SSSR count). The summed E-state index contributed by atoms with van der Waals surface area (Å²) in [6, 6.07) is 16.0. The number of Topliss-reactive ketones (excluding diaryl/α,β-unsaturated/α-hetero) is 1. The molecule has 0 aliphatic carbocycles. The fourth-order valence-electron chi connectivity index (χ4n) is 3.89. The molecule has 1 atom stereocenters. The van der Waals surface area contributed by atoms with Crippen LogP contribution < -0.4 is 9.64 Å². The van der Waals surface area contributed by atoms with Gasteiger partial charge in [-0.3, -0.25) is 14.5 Å².